The highest BCUT2D eigenvalue weighted by molar-refractivity contribution is 7.92. The number of nitrogens with one attached hydrogen (secondary N) is 1. The van der Waals surface area contributed by atoms with Crippen molar-refractivity contribution in [3.8, 4) is 0 Å². The van der Waals surface area contributed by atoms with Gasteiger partial charge in [0.1, 0.15) is 18.4 Å². The number of rotatable bonds is 11. The summed E-state index contributed by atoms with van der Waals surface area (Å²) in [6.07, 6.45) is 0.679. The first kappa shape index (κ1) is 30.1. The number of anilines is 1. The van der Waals surface area contributed by atoms with Crippen LogP contribution in [-0.4, -0.2) is 43.8 Å². The summed E-state index contributed by atoms with van der Waals surface area (Å²) < 4.78 is 43.2. The first-order valence-electron chi connectivity index (χ1n) is 12.6. The average molecular weight is 574 g/mol. The summed E-state index contributed by atoms with van der Waals surface area (Å²) in [6.45, 7) is 6.15. The SMILES string of the molecule is CC[C@@H](C)NC(=O)[C@@H](C)N(Cc1ccccc1F)C(=O)CN(c1ccc(Cl)cc1C)S(=O)(=O)c1ccccc1. The van der Waals surface area contributed by atoms with Gasteiger partial charge < -0.3 is 10.2 Å². The average Bonchev–Trinajstić information content (AvgIpc) is 2.91. The van der Waals surface area contributed by atoms with Gasteiger partial charge in [0.15, 0.2) is 0 Å². The molecule has 2 atom stereocenters. The van der Waals surface area contributed by atoms with Gasteiger partial charge in [-0.1, -0.05) is 54.9 Å². The van der Waals surface area contributed by atoms with Gasteiger partial charge in [-0.3, -0.25) is 13.9 Å². The van der Waals surface area contributed by atoms with E-state index in [1.165, 1.54) is 41.3 Å². The summed E-state index contributed by atoms with van der Waals surface area (Å²) in [5.74, 6) is -1.62. The molecule has 0 heterocycles. The third-order valence-electron chi connectivity index (χ3n) is 6.50. The normalized spacial score (nSPS) is 12.9. The lowest BCUT2D eigenvalue weighted by molar-refractivity contribution is -0.139. The Morgan fingerprint density at radius 1 is 1.00 bits per heavy atom. The van der Waals surface area contributed by atoms with Crippen LogP contribution >= 0.6 is 11.6 Å². The molecule has 0 saturated carbocycles. The van der Waals surface area contributed by atoms with Crippen molar-refractivity contribution in [1.82, 2.24) is 10.2 Å². The molecule has 3 aromatic carbocycles. The van der Waals surface area contributed by atoms with Gasteiger partial charge in [-0.15, -0.1) is 0 Å². The van der Waals surface area contributed by atoms with Crippen LogP contribution in [0.1, 0.15) is 38.3 Å². The molecular weight excluding hydrogens is 541 g/mol. The number of nitrogens with zero attached hydrogens (tertiary/aromatic N) is 2. The lowest BCUT2D eigenvalue weighted by atomic mass is 10.1. The molecule has 3 rings (SSSR count). The van der Waals surface area contributed by atoms with Crippen LogP contribution in [-0.2, 0) is 26.2 Å². The number of amides is 2. The maximum Gasteiger partial charge on any atom is 0.264 e. The Labute approximate surface area is 234 Å². The number of hydrogen-bond donors (Lipinski definition) is 1. The summed E-state index contributed by atoms with van der Waals surface area (Å²) in [6, 6.07) is 17.3. The van der Waals surface area contributed by atoms with Crippen molar-refractivity contribution in [2.75, 3.05) is 10.8 Å². The summed E-state index contributed by atoms with van der Waals surface area (Å²) in [5.41, 5.74) is 1.01. The molecular formula is C29H33ClFN3O4S. The summed E-state index contributed by atoms with van der Waals surface area (Å²) >= 11 is 6.12. The molecule has 0 aliphatic carbocycles. The number of hydrogen-bond acceptors (Lipinski definition) is 4. The van der Waals surface area contributed by atoms with Crippen LogP contribution in [0.5, 0.6) is 0 Å². The topological polar surface area (TPSA) is 86.8 Å². The van der Waals surface area contributed by atoms with E-state index < -0.39 is 40.2 Å². The quantitative estimate of drug-likeness (QED) is 0.337. The van der Waals surface area contributed by atoms with Crippen LogP contribution in [0, 0.1) is 12.7 Å². The molecule has 39 heavy (non-hydrogen) atoms. The minimum atomic E-state index is -4.20. The van der Waals surface area contributed by atoms with Gasteiger partial charge in [0.25, 0.3) is 10.0 Å². The third-order valence-corrected chi connectivity index (χ3v) is 8.51. The Hall–Kier alpha value is -3.43. The monoisotopic (exact) mass is 573 g/mol. The molecule has 0 bridgehead atoms. The van der Waals surface area contributed by atoms with E-state index in [1.807, 2.05) is 13.8 Å². The Morgan fingerprint density at radius 2 is 1.64 bits per heavy atom. The summed E-state index contributed by atoms with van der Waals surface area (Å²) in [7, 11) is -4.20. The predicted octanol–water partition coefficient (Wildman–Crippen LogP) is 5.31. The van der Waals surface area contributed by atoms with Gasteiger partial charge >= 0.3 is 0 Å². The van der Waals surface area contributed by atoms with E-state index >= 15 is 0 Å². The minimum absolute atomic E-state index is 0.00429. The maximum absolute atomic E-state index is 14.6. The van der Waals surface area contributed by atoms with Crippen LogP contribution in [0.2, 0.25) is 5.02 Å². The van der Waals surface area contributed by atoms with Crippen molar-refractivity contribution in [3.05, 3.63) is 94.8 Å². The molecule has 0 radical (unpaired) electrons. The van der Waals surface area contributed by atoms with Crippen molar-refractivity contribution in [3.63, 3.8) is 0 Å². The number of benzene rings is 3. The molecule has 10 heteroatoms. The van der Waals surface area contributed by atoms with Crippen LogP contribution in [0.3, 0.4) is 0 Å². The van der Waals surface area contributed by atoms with E-state index in [1.54, 1.807) is 50.2 Å². The zero-order valence-electron chi connectivity index (χ0n) is 22.4. The molecule has 7 nitrogen and oxygen atoms in total. The molecule has 3 aromatic rings. The predicted molar refractivity (Wildman–Crippen MR) is 151 cm³/mol. The first-order valence-corrected chi connectivity index (χ1v) is 14.4. The molecule has 0 unspecified atom stereocenters. The highest BCUT2D eigenvalue weighted by atomic mass is 35.5. The largest absolute Gasteiger partial charge is 0.352 e. The number of carbonyl (C=O) groups excluding carboxylic acids is 2. The van der Waals surface area contributed by atoms with Gasteiger partial charge in [-0.2, -0.15) is 0 Å². The van der Waals surface area contributed by atoms with E-state index in [0.717, 1.165) is 4.31 Å². The number of sulfonamides is 1. The number of aryl methyl sites for hydroxylation is 1. The molecule has 2 amide bonds. The van der Waals surface area contributed by atoms with Crippen molar-refractivity contribution in [2.45, 2.75) is 57.6 Å². The summed E-state index contributed by atoms with van der Waals surface area (Å²) in [5, 5.41) is 3.26. The van der Waals surface area contributed by atoms with E-state index in [2.05, 4.69) is 5.32 Å². The maximum atomic E-state index is 14.6. The van der Waals surface area contributed by atoms with Gasteiger partial charge in [-0.05, 0) is 69.2 Å². The van der Waals surface area contributed by atoms with E-state index in [4.69, 9.17) is 11.6 Å². The summed E-state index contributed by atoms with van der Waals surface area (Å²) in [4.78, 5) is 28.1. The third kappa shape index (κ3) is 7.36. The second kappa shape index (κ2) is 13.1. The highest BCUT2D eigenvalue weighted by Crippen LogP contribution is 2.29. The van der Waals surface area contributed by atoms with Crippen molar-refractivity contribution < 1.29 is 22.4 Å². The minimum Gasteiger partial charge on any atom is -0.352 e. The lowest BCUT2D eigenvalue weighted by Gasteiger charge is -2.33. The fraction of sp³-hybridized carbons (Fsp3) is 0.310. The lowest BCUT2D eigenvalue weighted by Crippen LogP contribution is -2.52. The van der Waals surface area contributed by atoms with Crippen LogP contribution in [0.15, 0.2) is 77.7 Å². The van der Waals surface area contributed by atoms with Gasteiger partial charge in [0, 0.05) is 23.2 Å². The molecule has 208 valence electrons. The van der Waals surface area contributed by atoms with Crippen molar-refractivity contribution in [1.29, 1.82) is 0 Å². The number of halogens is 2. The molecule has 1 N–H and O–H groups in total. The van der Waals surface area contributed by atoms with Crippen molar-refractivity contribution in [2.24, 2.45) is 0 Å². The smallest absolute Gasteiger partial charge is 0.264 e. The zero-order valence-corrected chi connectivity index (χ0v) is 24.0. The molecule has 0 aliphatic rings. The van der Waals surface area contributed by atoms with Crippen LogP contribution in [0.25, 0.3) is 0 Å². The Balaban J connectivity index is 2.06. The van der Waals surface area contributed by atoms with Crippen LogP contribution < -0.4 is 9.62 Å². The molecule has 0 saturated heterocycles. The number of carbonyl (C=O) groups is 2. The molecule has 0 aromatic heterocycles. The Morgan fingerprint density at radius 3 is 2.26 bits per heavy atom. The Bertz CT molecular complexity index is 1420. The Kier molecular flexibility index (Phi) is 10.1. The van der Waals surface area contributed by atoms with Crippen LogP contribution in [0.4, 0.5) is 10.1 Å². The van der Waals surface area contributed by atoms with E-state index in [0.29, 0.717) is 17.0 Å². The molecule has 0 spiro atoms. The highest BCUT2D eigenvalue weighted by Gasteiger charge is 2.33. The standard InChI is InChI=1S/C29H33ClFN3O4S/c1-5-21(3)32-29(36)22(4)33(18-23-11-9-10-14-26(23)31)28(35)19-34(27-16-15-24(30)17-20(27)2)39(37,38)25-12-7-6-8-13-25/h6-17,21-22H,5,18-19H2,1-4H3,(H,32,36)/t21-,22-/m1/s1. The van der Waals surface area contributed by atoms with Crippen molar-refractivity contribution >= 4 is 39.1 Å². The van der Waals surface area contributed by atoms with Gasteiger partial charge in [0.2, 0.25) is 11.8 Å². The fourth-order valence-electron chi connectivity index (χ4n) is 3.99. The molecule has 0 aliphatic heterocycles. The first-order chi connectivity index (χ1) is 18.4. The van der Waals surface area contributed by atoms with Gasteiger partial charge in [0.05, 0.1) is 10.6 Å². The fourth-order valence-corrected chi connectivity index (χ4v) is 5.72. The second-order valence-corrected chi connectivity index (χ2v) is 11.7. The molecule has 0 fully saturated rings. The van der Waals surface area contributed by atoms with E-state index in [-0.39, 0.29) is 28.7 Å². The second-order valence-electron chi connectivity index (χ2n) is 9.36. The van der Waals surface area contributed by atoms with Gasteiger partial charge in [-0.25, -0.2) is 12.8 Å². The van der Waals surface area contributed by atoms with E-state index in [9.17, 15) is 22.4 Å². The zero-order chi connectivity index (χ0) is 28.7.